The van der Waals surface area contributed by atoms with Crippen LogP contribution in [0.2, 0.25) is 0 Å². The molecule has 1 atom stereocenters. The van der Waals surface area contributed by atoms with Gasteiger partial charge in [-0.1, -0.05) is 12.8 Å². The number of piperidine rings is 1. The first kappa shape index (κ1) is 19.5. The smallest absolute Gasteiger partial charge is 0.317 e. The van der Waals surface area contributed by atoms with Crippen LogP contribution in [0, 0.1) is 17.2 Å². The summed E-state index contributed by atoms with van der Waals surface area (Å²) >= 11 is 0. The van der Waals surface area contributed by atoms with Gasteiger partial charge >= 0.3 is 6.03 Å². The standard InChI is InChI=1S/C21H31N5O/c1-16(2)24-21(27)26-12-5-3-4-8-19(26)17-9-13-25(14-10-17)20-18(15-22)7-6-11-23-20/h6-7,11,16-17,19H,3-5,8-10,12-14H2,1-2H3,(H,24,27)/t19-/m0/s1. The lowest BCUT2D eigenvalue weighted by Crippen LogP contribution is -2.52. The molecule has 1 N–H and O–H groups in total. The molecule has 3 heterocycles. The lowest BCUT2D eigenvalue weighted by Gasteiger charge is -2.41. The maximum Gasteiger partial charge on any atom is 0.317 e. The number of nitriles is 1. The van der Waals surface area contributed by atoms with Gasteiger partial charge in [0.25, 0.3) is 0 Å². The Morgan fingerprint density at radius 3 is 2.70 bits per heavy atom. The van der Waals surface area contributed by atoms with Crippen LogP contribution in [-0.4, -0.2) is 47.6 Å². The largest absolute Gasteiger partial charge is 0.356 e. The molecule has 0 radical (unpaired) electrons. The summed E-state index contributed by atoms with van der Waals surface area (Å²) in [5.74, 6) is 1.32. The van der Waals surface area contributed by atoms with Gasteiger partial charge in [0.2, 0.25) is 0 Å². The number of likely N-dealkylation sites (tertiary alicyclic amines) is 1. The Balaban J connectivity index is 1.67. The quantitative estimate of drug-likeness (QED) is 0.885. The highest BCUT2D eigenvalue weighted by Crippen LogP contribution is 2.32. The zero-order chi connectivity index (χ0) is 19.2. The van der Waals surface area contributed by atoms with Gasteiger partial charge in [0.1, 0.15) is 11.9 Å². The first-order valence-corrected chi connectivity index (χ1v) is 10.3. The summed E-state index contributed by atoms with van der Waals surface area (Å²) < 4.78 is 0. The summed E-state index contributed by atoms with van der Waals surface area (Å²) in [6.45, 7) is 6.69. The van der Waals surface area contributed by atoms with Crippen molar-refractivity contribution in [1.29, 1.82) is 5.26 Å². The van der Waals surface area contributed by atoms with Gasteiger partial charge < -0.3 is 15.1 Å². The molecule has 2 aliphatic heterocycles. The third-order valence-electron chi connectivity index (χ3n) is 5.76. The molecule has 6 nitrogen and oxygen atoms in total. The van der Waals surface area contributed by atoms with Crippen molar-refractivity contribution in [3.63, 3.8) is 0 Å². The number of rotatable bonds is 3. The predicted molar refractivity (Wildman–Crippen MR) is 107 cm³/mol. The molecule has 1 aromatic heterocycles. The number of urea groups is 1. The topological polar surface area (TPSA) is 72.3 Å². The molecule has 2 saturated heterocycles. The zero-order valence-electron chi connectivity index (χ0n) is 16.5. The molecular formula is C21H31N5O. The Morgan fingerprint density at radius 1 is 1.22 bits per heavy atom. The van der Waals surface area contributed by atoms with Gasteiger partial charge in [-0.3, -0.25) is 0 Å². The first-order valence-electron chi connectivity index (χ1n) is 10.3. The van der Waals surface area contributed by atoms with Gasteiger partial charge in [-0.2, -0.15) is 5.26 Å². The van der Waals surface area contributed by atoms with E-state index in [-0.39, 0.29) is 12.1 Å². The van der Waals surface area contributed by atoms with Crippen LogP contribution in [0.15, 0.2) is 18.3 Å². The van der Waals surface area contributed by atoms with Crippen molar-refractivity contribution in [3.8, 4) is 6.07 Å². The highest BCUT2D eigenvalue weighted by molar-refractivity contribution is 5.75. The van der Waals surface area contributed by atoms with Crippen LogP contribution in [0.1, 0.15) is 57.9 Å². The van der Waals surface area contributed by atoms with Crippen molar-refractivity contribution < 1.29 is 4.79 Å². The van der Waals surface area contributed by atoms with Gasteiger partial charge in [0, 0.05) is 37.9 Å². The third-order valence-corrected chi connectivity index (χ3v) is 5.76. The lowest BCUT2D eigenvalue weighted by molar-refractivity contribution is 0.135. The Hall–Kier alpha value is -2.29. The molecule has 0 bridgehead atoms. The molecule has 2 aliphatic rings. The van der Waals surface area contributed by atoms with Gasteiger partial charge in [0.05, 0.1) is 5.56 Å². The fourth-order valence-corrected chi connectivity index (χ4v) is 4.44. The van der Waals surface area contributed by atoms with E-state index in [9.17, 15) is 10.1 Å². The minimum absolute atomic E-state index is 0.0934. The first-order chi connectivity index (χ1) is 13.1. The van der Waals surface area contributed by atoms with Crippen LogP contribution in [0.4, 0.5) is 10.6 Å². The maximum atomic E-state index is 12.7. The van der Waals surface area contributed by atoms with Crippen LogP contribution in [0.3, 0.4) is 0 Å². The summed E-state index contributed by atoms with van der Waals surface area (Å²) in [5.41, 5.74) is 0.642. The van der Waals surface area contributed by atoms with Crippen LogP contribution in [0.5, 0.6) is 0 Å². The molecule has 0 saturated carbocycles. The number of amides is 2. The summed E-state index contributed by atoms with van der Waals surface area (Å²) in [6.07, 6.45) is 8.44. The number of hydrogen-bond acceptors (Lipinski definition) is 4. The maximum absolute atomic E-state index is 12.7. The van der Waals surface area contributed by atoms with Crippen molar-refractivity contribution in [2.45, 2.75) is 64.5 Å². The summed E-state index contributed by atoms with van der Waals surface area (Å²) in [5, 5.41) is 12.4. The molecular weight excluding hydrogens is 338 g/mol. The number of hydrogen-bond donors (Lipinski definition) is 1. The molecule has 27 heavy (non-hydrogen) atoms. The van der Waals surface area contributed by atoms with Crippen molar-refractivity contribution in [2.75, 3.05) is 24.5 Å². The van der Waals surface area contributed by atoms with Crippen LogP contribution in [0.25, 0.3) is 0 Å². The van der Waals surface area contributed by atoms with E-state index in [0.717, 1.165) is 51.1 Å². The van der Waals surface area contributed by atoms with Crippen molar-refractivity contribution in [3.05, 3.63) is 23.9 Å². The lowest BCUT2D eigenvalue weighted by atomic mass is 9.86. The molecule has 0 unspecified atom stereocenters. The van der Waals surface area contributed by atoms with Gasteiger partial charge in [-0.25, -0.2) is 9.78 Å². The van der Waals surface area contributed by atoms with E-state index in [4.69, 9.17) is 0 Å². The molecule has 0 aromatic carbocycles. The summed E-state index contributed by atoms with van der Waals surface area (Å²) in [4.78, 5) is 21.5. The van der Waals surface area contributed by atoms with Crippen LogP contribution < -0.4 is 10.2 Å². The number of nitrogens with one attached hydrogen (secondary N) is 1. The molecule has 0 aliphatic carbocycles. The highest BCUT2D eigenvalue weighted by Gasteiger charge is 2.34. The number of anilines is 1. The second-order valence-corrected chi connectivity index (χ2v) is 8.03. The number of carbonyl (C=O) groups is 1. The van der Waals surface area contributed by atoms with E-state index in [1.54, 1.807) is 6.20 Å². The number of pyridine rings is 1. The van der Waals surface area contributed by atoms with Crippen molar-refractivity contribution >= 4 is 11.8 Å². The van der Waals surface area contributed by atoms with Crippen molar-refractivity contribution in [2.24, 2.45) is 5.92 Å². The second kappa shape index (κ2) is 9.07. The summed E-state index contributed by atoms with van der Waals surface area (Å²) in [7, 11) is 0. The molecule has 2 fully saturated rings. The summed E-state index contributed by atoms with van der Waals surface area (Å²) in [6, 6.07) is 6.48. The number of carbonyl (C=O) groups excluding carboxylic acids is 1. The normalized spacial score (nSPS) is 21.6. The second-order valence-electron chi connectivity index (χ2n) is 8.03. The van der Waals surface area contributed by atoms with E-state index in [1.807, 2.05) is 26.0 Å². The Morgan fingerprint density at radius 2 is 2.00 bits per heavy atom. The highest BCUT2D eigenvalue weighted by atomic mass is 16.2. The predicted octanol–water partition coefficient (Wildman–Crippen LogP) is 3.53. The SMILES string of the molecule is CC(C)NC(=O)N1CCCCC[C@H]1C1CCN(c2ncccc2C#N)CC1. The number of nitrogens with zero attached hydrogens (tertiary/aromatic N) is 4. The van der Waals surface area contributed by atoms with Gasteiger partial charge in [0.15, 0.2) is 0 Å². The monoisotopic (exact) mass is 369 g/mol. The molecule has 146 valence electrons. The average molecular weight is 370 g/mol. The Kier molecular flexibility index (Phi) is 6.54. The third kappa shape index (κ3) is 4.71. The van der Waals surface area contributed by atoms with E-state index in [1.165, 1.54) is 12.8 Å². The van der Waals surface area contributed by atoms with E-state index >= 15 is 0 Å². The minimum atomic E-state index is 0.0934. The van der Waals surface area contributed by atoms with Gasteiger partial charge in [-0.05, 0) is 57.6 Å². The zero-order valence-corrected chi connectivity index (χ0v) is 16.5. The van der Waals surface area contributed by atoms with E-state index in [0.29, 0.717) is 17.5 Å². The fourth-order valence-electron chi connectivity index (χ4n) is 4.44. The molecule has 1 aromatic rings. The molecule has 3 rings (SSSR count). The molecule has 2 amide bonds. The van der Waals surface area contributed by atoms with Crippen LogP contribution >= 0.6 is 0 Å². The van der Waals surface area contributed by atoms with E-state index < -0.39 is 0 Å². The van der Waals surface area contributed by atoms with Crippen LogP contribution in [-0.2, 0) is 0 Å². The minimum Gasteiger partial charge on any atom is -0.356 e. The fraction of sp³-hybridized carbons (Fsp3) is 0.667. The molecule has 6 heteroatoms. The Labute approximate surface area is 162 Å². The van der Waals surface area contributed by atoms with E-state index in [2.05, 4.69) is 26.2 Å². The Bertz CT molecular complexity index is 675. The van der Waals surface area contributed by atoms with Crippen molar-refractivity contribution in [1.82, 2.24) is 15.2 Å². The number of aromatic nitrogens is 1. The molecule has 0 spiro atoms. The average Bonchev–Trinajstić information content (AvgIpc) is 2.94. The van der Waals surface area contributed by atoms with Gasteiger partial charge in [-0.15, -0.1) is 0 Å².